The molecule has 82 valence electrons. The summed E-state index contributed by atoms with van der Waals surface area (Å²) in [5.41, 5.74) is 1.17. The number of halogens is 2. The van der Waals surface area contributed by atoms with Crippen LogP contribution in [0.5, 0.6) is 0 Å². The minimum absolute atomic E-state index is 0.0791. The van der Waals surface area contributed by atoms with Crippen LogP contribution in [-0.2, 0) is 9.47 Å². The summed E-state index contributed by atoms with van der Waals surface area (Å²) < 4.78 is 12.7. The number of ether oxygens (including phenoxy) is 2. The average molecular weight is 422 g/mol. The summed E-state index contributed by atoms with van der Waals surface area (Å²) in [5.74, 6) is 0.355. The zero-order chi connectivity index (χ0) is 10.9. The van der Waals surface area contributed by atoms with Crippen LogP contribution in [0.25, 0.3) is 0 Å². The first-order chi connectivity index (χ1) is 6.40. The lowest BCUT2D eigenvalue weighted by Crippen LogP contribution is -2.23. The van der Waals surface area contributed by atoms with E-state index in [0.717, 1.165) is 0 Å². The first-order valence-electron chi connectivity index (χ1n) is 4.75. The largest absolute Gasteiger partial charge is 0.352 e. The maximum atomic E-state index is 5.89. The van der Waals surface area contributed by atoms with Crippen molar-refractivity contribution >= 4 is 45.2 Å². The van der Waals surface area contributed by atoms with Gasteiger partial charge < -0.3 is 9.47 Å². The topological polar surface area (TPSA) is 18.5 Å². The van der Waals surface area contributed by atoms with Crippen molar-refractivity contribution in [2.24, 2.45) is 5.92 Å². The van der Waals surface area contributed by atoms with Crippen LogP contribution in [0.1, 0.15) is 27.7 Å². The van der Waals surface area contributed by atoms with Crippen LogP contribution in [0.2, 0.25) is 0 Å². The second-order valence-corrected chi connectivity index (χ2v) is 8.14. The van der Waals surface area contributed by atoms with Crippen molar-refractivity contribution in [2.75, 3.05) is 6.61 Å². The molecule has 0 radical (unpaired) electrons. The van der Waals surface area contributed by atoms with Gasteiger partial charge in [-0.05, 0) is 71.5 Å². The van der Waals surface area contributed by atoms with Crippen LogP contribution < -0.4 is 0 Å². The maximum Gasteiger partial charge on any atom is 0.165 e. The molecule has 1 rings (SSSR count). The number of hydrogen-bond acceptors (Lipinski definition) is 2. The number of rotatable bonds is 2. The van der Waals surface area contributed by atoms with Gasteiger partial charge in [0.2, 0.25) is 0 Å². The zero-order valence-electron chi connectivity index (χ0n) is 8.93. The van der Waals surface area contributed by atoms with Gasteiger partial charge in [0, 0.05) is 12.5 Å². The van der Waals surface area contributed by atoms with Crippen molar-refractivity contribution in [2.45, 2.75) is 39.6 Å². The highest BCUT2D eigenvalue weighted by molar-refractivity contribution is 14.2. The molecule has 0 aromatic heterocycles. The summed E-state index contributed by atoms with van der Waals surface area (Å²) in [6.07, 6.45) is -0.0791. The fourth-order valence-corrected chi connectivity index (χ4v) is 4.16. The first-order valence-corrected chi connectivity index (χ1v) is 6.91. The molecule has 0 bridgehead atoms. The fourth-order valence-electron chi connectivity index (χ4n) is 1.88. The van der Waals surface area contributed by atoms with Crippen LogP contribution in [0.15, 0.2) is 7.16 Å². The summed E-state index contributed by atoms with van der Waals surface area (Å²) in [7, 11) is 0. The van der Waals surface area contributed by atoms with Gasteiger partial charge in [-0.25, -0.2) is 0 Å². The van der Waals surface area contributed by atoms with Crippen molar-refractivity contribution in [1.29, 1.82) is 0 Å². The molecule has 0 aromatic carbocycles. The third-order valence-electron chi connectivity index (χ3n) is 2.46. The third-order valence-corrected chi connectivity index (χ3v) is 3.62. The quantitative estimate of drug-likeness (QED) is 0.630. The average Bonchev–Trinajstić information content (AvgIpc) is 2.22. The molecule has 2 nitrogen and oxygen atoms in total. The Kier molecular flexibility index (Phi) is 4.68. The Morgan fingerprint density at radius 2 is 2.07 bits per heavy atom. The van der Waals surface area contributed by atoms with Crippen LogP contribution in [0.4, 0.5) is 0 Å². The van der Waals surface area contributed by atoms with E-state index in [1.54, 1.807) is 0 Å². The molecular formula is C10H16I2O2. The summed E-state index contributed by atoms with van der Waals surface area (Å²) in [6, 6.07) is 0. The smallest absolute Gasteiger partial charge is 0.165 e. The Labute approximate surface area is 113 Å². The third kappa shape index (κ3) is 2.62. The van der Waals surface area contributed by atoms with Crippen LogP contribution in [0.3, 0.4) is 0 Å². The van der Waals surface area contributed by atoms with Gasteiger partial charge in [0.25, 0.3) is 0 Å². The van der Waals surface area contributed by atoms with Gasteiger partial charge in [0.1, 0.15) is 0 Å². The molecule has 1 fully saturated rings. The first kappa shape index (κ1) is 13.2. The minimum Gasteiger partial charge on any atom is -0.352 e. The lowest BCUT2D eigenvalue weighted by Gasteiger charge is -2.20. The van der Waals surface area contributed by atoms with Gasteiger partial charge in [0.05, 0.1) is 7.19 Å². The van der Waals surface area contributed by atoms with E-state index in [1.165, 1.54) is 7.16 Å². The molecule has 1 saturated heterocycles. The van der Waals surface area contributed by atoms with Crippen molar-refractivity contribution < 1.29 is 9.47 Å². The Bertz CT molecular complexity index is 245. The van der Waals surface area contributed by atoms with Gasteiger partial charge in [-0.1, -0.05) is 6.92 Å². The van der Waals surface area contributed by atoms with E-state index in [-0.39, 0.29) is 11.9 Å². The lowest BCUT2D eigenvalue weighted by atomic mass is 9.93. The van der Waals surface area contributed by atoms with E-state index < -0.39 is 0 Å². The molecule has 2 atom stereocenters. The van der Waals surface area contributed by atoms with E-state index in [9.17, 15) is 0 Å². The highest BCUT2D eigenvalue weighted by Gasteiger charge is 2.44. The molecule has 0 aliphatic carbocycles. The molecule has 1 aliphatic rings. The van der Waals surface area contributed by atoms with Crippen molar-refractivity contribution in [3.05, 3.63) is 7.16 Å². The number of hydrogen-bond donors (Lipinski definition) is 0. The standard InChI is InChI=1S/C10H16I2O2/c1-5-13-9-6(2)7(8(11)12)10(3,4)14-9/h6,9H,5H2,1-4H3/t6-,9+/m0/s1. The van der Waals surface area contributed by atoms with Gasteiger partial charge in [0.15, 0.2) is 6.29 Å². The molecule has 0 N–H and O–H groups in total. The Morgan fingerprint density at radius 3 is 2.43 bits per heavy atom. The highest BCUT2D eigenvalue weighted by Crippen LogP contribution is 2.44. The summed E-state index contributed by atoms with van der Waals surface area (Å²) in [4.78, 5) is 0. The van der Waals surface area contributed by atoms with Gasteiger partial charge in [-0.15, -0.1) is 0 Å². The van der Waals surface area contributed by atoms with Crippen LogP contribution >= 0.6 is 45.2 Å². The Hall–Kier alpha value is 1.12. The van der Waals surface area contributed by atoms with Crippen molar-refractivity contribution in [1.82, 2.24) is 0 Å². The van der Waals surface area contributed by atoms with Gasteiger partial charge in [-0.2, -0.15) is 0 Å². The van der Waals surface area contributed by atoms with E-state index >= 15 is 0 Å². The molecule has 0 unspecified atom stereocenters. The normalized spacial score (nSPS) is 30.9. The van der Waals surface area contributed by atoms with Crippen LogP contribution in [0, 0.1) is 5.92 Å². The van der Waals surface area contributed by atoms with E-state index in [4.69, 9.17) is 9.47 Å². The van der Waals surface area contributed by atoms with Crippen LogP contribution in [-0.4, -0.2) is 18.5 Å². The molecule has 14 heavy (non-hydrogen) atoms. The second kappa shape index (κ2) is 4.97. The second-order valence-electron chi connectivity index (χ2n) is 3.91. The lowest BCUT2D eigenvalue weighted by molar-refractivity contribution is -0.165. The molecular weight excluding hydrogens is 406 g/mol. The molecule has 0 amide bonds. The highest BCUT2D eigenvalue weighted by atomic mass is 127. The zero-order valence-corrected chi connectivity index (χ0v) is 13.2. The van der Waals surface area contributed by atoms with E-state index in [1.807, 2.05) is 6.92 Å². The summed E-state index contributed by atoms with van der Waals surface area (Å²) >= 11 is 4.71. The molecule has 1 heterocycles. The van der Waals surface area contributed by atoms with Gasteiger partial charge >= 0.3 is 0 Å². The molecule has 0 saturated carbocycles. The SMILES string of the molecule is CCO[C@@H]1OC(C)(C)C(=C(I)I)[C@@H]1C. The van der Waals surface area contributed by atoms with Crippen molar-refractivity contribution in [3.8, 4) is 0 Å². The molecule has 0 aromatic rings. The van der Waals surface area contributed by atoms with Crippen molar-refractivity contribution in [3.63, 3.8) is 0 Å². The van der Waals surface area contributed by atoms with E-state index in [0.29, 0.717) is 12.5 Å². The van der Waals surface area contributed by atoms with E-state index in [2.05, 4.69) is 66.0 Å². The minimum atomic E-state index is -0.184. The predicted molar refractivity (Wildman–Crippen MR) is 74.8 cm³/mol. The molecule has 0 spiro atoms. The molecule has 4 heteroatoms. The Morgan fingerprint density at radius 1 is 1.50 bits per heavy atom. The fraction of sp³-hybridized carbons (Fsp3) is 0.800. The summed E-state index contributed by atoms with van der Waals surface area (Å²) in [6.45, 7) is 9.09. The monoisotopic (exact) mass is 422 g/mol. The predicted octanol–water partition coefficient (Wildman–Crippen LogP) is 3.88. The Balaban J connectivity index is 2.93. The summed E-state index contributed by atoms with van der Waals surface area (Å²) in [5, 5.41) is 0. The van der Waals surface area contributed by atoms with Gasteiger partial charge in [-0.3, -0.25) is 0 Å². The molecule has 1 aliphatic heterocycles. The maximum absolute atomic E-state index is 5.89.